The van der Waals surface area contributed by atoms with Crippen LogP contribution in [-0.2, 0) is 6.54 Å². The monoisotopic (exact) mass is 288 g/mol. The minimum absolute atomic E-state index is 0.616. The summed E-state index contributed by atoms with van der Waals surface area (Å²) in [6.07, 6.45) is 0. The number of ether oxygens (including phenoxy) is 3. The van der Waals surface area contributed by atoms with Gasteiger partial charge in [0.2, 0.25) is 0 Å². The Morgan fingerprint density at radius 2 is 1.67 bits per heavy atom. The molecule has 21 heavy (non-hydrogen) atoms. The molecule has 0 aromatic heterocycles. The number of nitrogens with two attached hydrogens (primary N) is 1. The Balaban J connectivity index is 2.12. The van der Waals surface area contributed by atoms with Crippen molar-refractivity contribution in [2.45, 2.75) is 6.54 Å². The summed E-state index contributed by atoms with van der Waals surface area (Å²) in [5.41, 5.74) is 8.38. The SMILES string of the molecule is COc1ccc(CNc2ccc(N)c(OC)c2)c(OC)c1. The van der Waals surface area contributed by atoms with E-state index >= 15 is 0 Å². The lowest BCUT2D eigenvalue weighted by molar-refractivity contribution is 0.391. The lowest BCUT2D eigenvalue weighted by atomic mass is 10.1. The lowest BCUT2D eigenvalue weighted by Gasteiger charge is -2.13. The van der Waals surface area contributed by atoms with Crippen molar-refractivity contribution in [3.8, 4) is 17.2 Å². The normalized spacial score (nSPS) is 10.0. The van der Waals surface area contributed by atoms with E-state index in [1.807, 2.05) is 36.4 Å². The fourth-order valence-corrected chi connectivity index (χ4v) is 2.02. The quantitative estimate of drug-likeness (QED) is 0.800. The Morgan fingerprint density at radius 3 is 2.33 bits per heavy atom. The van der Waals surface area contributed by atoms with Crippen molar-refractivity contribution in [1.82, 2.24) is 0 Å². The first-order chi connectivity index (χ1) is 10.2. The molecule has 0 aliphatic heterocycles. The maximum atomic E-state index is 5.80. The molecule has 0 radical (unpaired) electrons. The molecule has 112 valence electrons. The van der Waals surface area contributed by atoms with Crippen LogP contribution in [-0.4, -0.2) is 21.3 Å². The van der Waals surface area contributed by atoms with Crippen molar-refractivity contribution in [2.24, 2.45) is 0 Å². The second-order valence-electron chi connectivity index (χ2n) is 4.49. The van der Waals surface area contributed by atoms with E-state index in [9.17, 15) is 0 Å². The summed E-state index contributed by atoms with van der Waals surface area (Å²) in [7, 11) is 4.87. The average molecular weight is 288 g/mol. The highest BCUT2D eigenvalue weighted by molar-refractivity contribution is 5.61. The molecule has 2 aromatic rings. The molecule has 0 heterocycles. The molecule has 3 N–H and O–H groups in total. The van der Waals surface area contributed by atoms with E-state index in [2.05, 4.69) is 5.32 Å². The van der Waals surface area contributed by atoms with E-state index in [4.69, 9.17) is 19.9 Å². The molecular formula is C16H20N2O3. The van der Waals surface area contributed by atoms with Gasteiger partial charge in [0.15, 0.2) is 0 Å². The maximum Gasteiger partial charge on any atom is 0.143 e. The van der Waals surface area contributed by atoms with Crippen LogP contribution in [0.2, 0.25) is 0 Å². The second kappa shape index (κ2) is 6.74. The maximum absolute atomic E-state index is 5.80. The van der Waals surface area contributed by atoms with Crippen molar-refractivity contribution in [3.05, 3.63) is 42.0 Å². The lowest BCUT2D eigenvalue weighted by Crippen LogP contribution is -2.03. The number of hydrogen-bond donors (Lipinski definition) is 2. The van der Waals surface area contributed by atoms with Crippen molar-refractivity contribution >= 4 is 11.4 Å². The molecule has 2 rings (SSSR count). The van der Waals surface area contributed by atoms with Crippen LogP contribution in [0.5, 0.6) is 17.2 Å². The van der Waals surface area contributed by atoms with Crippen molar-refractivity contribution < 1.29 is 14.2 Å². The van der Waals surface area contributed by atoms with Crippen LogP contribution in [0.3, 0.4) is 0 Å². The van der Waals surface area contributed by atoms with Crippen LogP contribution < -0.4 is 25.3 Å². The van der Waals surface area contributed by atoms with Crippen molar-refractivity contribution in [2.75, 3.05) is 32.4 Å². The summed E-state index contributed by atoms with van der Waals surface area (Å²) in [4.78, 5) is 0. The third-order valence-electron chi connectivity index (χ3n) is 3.21. The predicted octanol–water partition coefficient (Wildman–Crippen LogP) is 2.91. The summed E-state index contributed by atoms with van der Waals surface area (Å²) < 4.78 is 15.8. The van der Waals surface area contributed by atoms with Gasteiger partial charge < -0.3 is 25.3 Å². The molecule has 0 atom stereocenters. The van der Waals surface area contributed by atoms with Gasteiger partial charge in [0.05, 0.1) is 27.0 Å². The van der Waals surface area contributed by atoms with Gasteiger partial charge in [-0.05, 0) is 24.3 Å². The van der Waals surface area contributed by atoms with Crippen molar-refractivity contribution in [3.63, 3.8) is 0 Å². The van der Waals surface area contributed by atoms with Gasteiger partial charge in [0.25, 0.3) is 0 Å². The Morgan fingerprint density at radius 1 is 0.905 bits per heavy atom. The first kappa shape index (κ1) is 14.8. The summed E-state index contributed by atoms with van der Waals surface area (Å²) in [6.45, 7) is 0.625. The van der Waals surface area contributed by atoms with Gasteiger partial charge >= 0.3 is 0 Å². The number of hydrogen-bond acceptors (Lipinski definition) is 5. The van der Waals surface area contributed by atoms with Crippen LogP contribution in [0.4, 0.5) is 11.4 Å². The first-order valence-corrected chi connectivity index (χ1v) is 6.56. The number of nitrogen functional groups attached to an aromatic ring is 1. The zero-order valence-corrected chi connectivity index (χ0v) is 12.5. The number of methoxy groups -OCH3 is 3. The van der Waals surface area contributed by atoms with Gasteiger partial charge in [-0.1, -0.05) is 0 Å². The number of benzene rings is 2. The summed E-state index contributed by atoms with van der Waals surface area (Å²) >= 11 is 0. The van der Waals surface area contributed by atoms with E-state index in [0.29, 0.717) is 18.0 Å². The van der Waals surface area contributed by atoms with Gasteiger partial charge in [-0.25, -0.2) is 0 Å². The van der Waals surface area contributed by atoms with E-state index in [-0.39, 0.29) is 0 Å². The highest BCUT2D eigenvalue weighted by Crippen LogP contribution is 2.28. The van der Waals surface area contributed by atoms with E-state index in [1.165, 1.54) is 0 Å². The number of nitrogens with one attached hydrogen (secondary N) is 1. The minimum atomic E-state index is 0.616. The molecule has 0 unspecified atom stereocenters. The molecule has 0 spiro atoms. The van der Waals surface area contributed by atoms with E-state index in [1.54, 1.807) is 21.3 Å². The smallest absolute Gasteiger partial charge is 0.143 e. The Bertz CT molecular complexity index is 614. The highest BCUT2D eigenvalue weighted by Gasteiger charge is 2.06. The standard InChI is InChI=1S/C16H20N2O3/c1-19-13-6-4-11(15(9-13)20-2)10-18-12-5-7-14(17)16(8-12)21-3/h4-9,18H,10,17H2,1-3H3. The third-order valence-corrected chi connectivity index (χ3v) is 3.21. The van der Waals surface area contributed by atoms with Crippen LogP contribution in [0.25, 0.3) is 0 Å². The fourth-order valence-electron chi connectivity index (χ4n) is 2.02. The molecule has 0 fully saturated rings. The Hall–Kier alpha value is -2.56. The van der Waals surface area contributed by atoms with Gasteiger partial charge in [-0.3, -0.25) is 0 Å². The minimum Gasteiger partial charge on any atom is -0.497 e. The van der Waals surface area contributed by atoms with Gasteiger partial charge in [-0.15, -0.1) is 0 Å². The molecule has 2 aromatic carbocycles. The molecule has 0 saturated heterocycles. The molecule has 0 aliphatic rings. The largest absolute Gasteiger partial charge is 0.497 e. The van der Waals surface area contributed by atoms with Crippen LogP contribution in [0, 0.1) is 0 Å². The Kier molecular flexibility index (Phi) is 4.77. The van der Waals surface area contributed by atoms with E-state index < -0.39 is 0 Å². The molecular weight excluding hydrogens is 268 g/mol. The molecule has 5 nitrogen and oxygen atoms in total. The van der Waals surface area contributed by atoms with Gasteiger partial charge in [-0.2, -0.15) is 0 Å². The number of anilines is 2. The topological polar surface area (TPSA) is 65.7 Å². The van der Waals surface area contributed by atoms with E-state index in [0.717, 1.165) is 22.7 Å². The van der Waals surface area contributed by atoms with Crippen LogP contribution in [0.15, 0.2) is 36.4 Å². The van der Waals surface area contributed by atoms with Crippen LogP contribution in [0.1, 0.15) is 5.56 Å². The van der Waals surface area contributed by atoms with Crippen molar-refractivity contribution in [1.29, 1.82) is 0 Å². The predicted molar refractivity (Wildman–Crippen MR) is 84.3 cm³/mol. The summed E-state index contributed by atoms with van der Waals surface area (Å²) in [5, 5.41) is 3.32. The first-order valence-electron chi connectivity index (χ1n) is 6.56. The third kappa shape index (κ3) is 3.51. The number of rotatable bonds is 6. The molecule has 0 aliphatic carbocycles. The molecule has 0 saturated carbocycles. The highest BCUT2D eigenvalue weighted by atomic mass is 16.5. The summed E-state index contributed by atoms with van der Waals surface area (Å²) in [6, 6.07) is 11.3. The zero-order valence-electron chi connectivity index (χ0n) is 12.5. The van der Waals surface area contributed by atoms with Gasteiger partial charge in [0, 0.05) is 29.9 Å². The van der Waals surface area contributed by atoms with Gasteiger partial charge in [0.1, 0.15) is 17.2 Å². The average Bonchev–Trinajstić information content (AvgIpc) is 2.53. The fraction of sp³-hybridized carbons (Fsp3) is 0.250. The summed E-state index contributed by atoms with van der Waals surface area (Å²) in [5.74, 6) is 2.20. The Labute approximate surface area is 124 Å². The molecule has 5 heteroatoms. The zero-order chi connectivity index (χ0) is 15.2. The molecule has 0 bridgehead atoms. The second-order valence-corrected chi connectivity index (χ2v) is 4.49. The molecule has 0 amide bonds. The van der Waals surface area contributed by atoms with Crippen LogP contribution >= 0.6 is 0 Å².